The molecule has 0 radical (unpaired) electrons. The van der Waals surface area contributed by atoms with Gasteiger partial charge in [-0.05, 0) is 26.3 Å². The Morgan fingerprint density at radius 3 is 3.13 bits per heavy atom. The minimum atomic E-state index is -1.04. The smallest absolute Gasteiger partial charge is 0.358 e. The normalized spacial score (nSPS) is 22.1. The molecule has 0 aromatic carbocycles. The van der Waals surface area contributed by atoms with Crippen LogP contribution in [0.5, 0.6) is 0 Å². The van der Waals surface area contributed by atoms with Crippen molar-refractivity contribution in [2.45, 2.75) is 32.4 Å². The predicted octanol–water partition coefficient (Wildman–Crippen LogP) is 1.36. The molecule has 5 nitrogen and oxygen atoms in total. The summed E-state index contributed by atoms with van der Waals surface area (Å²) in [6.07, 6.45) is 2.39. The molecule has 15 heavy (non-hydrogen) atoms. The Morgan fingerprint density at radius 2 is 2.60 bits per heavy atom. The molecule has 82 valence electrons. The largest absolute Gasteiger partial charge is 0.476 e. The van der Waals surface area contributed by atoms with Crippen LogP contribution in [0.1, 0.15) is 36.0 Å². The molecule has 0 amide bonds. The second-order valence-corrected chi connectivity index (χ2v) is 3.95. The van der Waals surface area contributed by atoms with Crippen molar-refractivity contribution in [3.8, 4) is 0 Å². The number of carboxylic acid groups (broad SMARTS) is 1. The van der Waals surface area contributed by atoms with E-state index >= 15 is 0 Å². The Labute approximate surface area is 87.7 Å². The summed E-state index contributed by atoms with van der Waals surface area (Å²) < 4.78 is 4.96. The summed E-state index contributed by atoms with van der Waals surface area (Å²) in [5.74, 6) is -0.416. The number of carbonyl (C=O) groups is 1. The SMILES string of the molecule is CC1CCCN1Cc1cc(C(=O)O)no1. The van der Waals surface area contributed by atoms with E-state index in [1.807, 2.05) is 0 Å². The molecule has 1 N–H and O–H groups in total. The van der Waals surface area contributed by atoms with Crippen LogP contribution in [-0.2, 0) is 6.54 Å². The van der Waals surface area contributed by atoms with Gasteiger partial charge < -0.3 is 9.63 Å². The van der Waals surface area contributed by atoms with Crippen LogP contribution in [0.3, 0.4) is 0 Å². The summed E-state index contributed by atoms with van der Waals surface area (Å²) in [5.41, 5.74) is -0.0168. The summed E-state index contributed by atoms with van der Waals surface area (Å²) in [7, 11) is 0. The first kappa shape index (κ1) is 10.2. The molecule has 0 spiro atoms. The Kier molecular flexibility index (Phi) is 2.73. The van der Waals surface area contributed by atoms with E-state index in [-0.39, 0.29) is 5.69 Å². The molecule has 1 aliphatic heterocycles. The highest BCUT2D eigenvalue weighted by Crippen LogP contribution is 2.19. The quantitative estimate of drug-likeness (QED) is 0.815. The Bertz CT molecular complexity index is 361. The number of likely N-dealkylation sites (tertiary alicyclic amines) is 1. The molecule has 0 saturated carbocycles. The number of nitrogens with zero attached hydrogens (tertiary/aromatic N) is 2. The number of rotatable bonds is 3. The molecule has 1 aromatic heterocycles. The molecule has 1 atom stereocenters. The van der Waals surface area contributed by atoms with E-state index in [0.29, 0.717) is 18.3 Å². The van der Waals surface area contributed by atoms with E-state index < -0.39 is 5.97 Å². The molecule has 5 heteroatoms. The molecule has 1 saturated heterocycles. The fraction of sp³-hybridized carbons (Fsp3) is 0.600. The molecule has 1 unspecified atom stereocenters. The molecule has 2 heterocycles. The minimum Gasteiger partial charge on any atom is -0.476 e. The lowest BCUT2D eigenvalue weighted by Gasteiger charge is -2.18. The van der Waals surface area contributed by atoms with Crippen molar-refractivity contribution in [1.29, 1.82) is 0 Å². The lowest BCUT2D eigenvalue weighted by molar-refractivity contribution is 0.0685. The van der Waals surface area contributed by atoms with E-state index in [1.165, 1.54) is 18.9 Å². The van der Waals surface area contributed by atoms with Gasteiger partial charge in [0.05, 0.1) is 6.54 Å². The zero-order valence-electron chi connectivity index (χ0n) is 8.64. The third-order valence-corrected chi connectivity index (χ3v) is 2.83. The van der Waals surface area contributed by atoms with E-state index in [4.69, 9.17) is 9.63 Å². The Morgan fingerprint density at radius 1 is 1.80 bits per heavy atom. The molecule has 1 aromatic rings. The fourth-order valence-electron chi connectivity index (χ4n) is 1.92. The van der Waals surface area contributed by atoms with E-state index in [9.17, 15) is 4.79 Å². The topological polar surface area (TPSA) is 66.6 Å². The molecule has 0 bridgehead atoms. The maximum absolute atomic E-state index is 10.6. The van der Waals surface area contributed by atoms with E-state index in [1.54, 1.807) is 0 Å². The minimum absolute atomic E-state index is 0.0168. The van der Waals surface area contributed by atoms with Gasteiger partial charge in [0.2, 0.25) is 0 Å². The highest BCUT2D eigenvalue weighted by atomic mass is 16.5. The van der Waals surface area contributed by atoms with Gasteiger partial charge in [0, 0.05) is 12.1 Å². The standard InChI is InChI=1S/C10H14N2O3/c1-7-3-2-4-12(7)6-8-5-9(10(13)14)11-15-8/h5,7H,2-4,6H2,1H3,(H,13,14). The fourth-order valence-corrected chi connectivity index (χ4v) is 1.92. The van der Waals surface area contributed by atoms with Crippen LogP contribution >= 0.6 is 0 Å². The zero-order chi connectivity index (χ0) is 10.8. The lowest BCUT2D eigenvalue weighted by Crippen LogP contribution is -2.25. The van der Waals surface area contributed by atoms with Crippen molar-refractivity contribution in [2.24, 2.45) is 0 Å². The van der Waals surface area contributed by atoms with E-state index in [2.05, 4.69) is 17.0 Å². The van der Waals surface area contributed by atoms with Gasteiger partial charge in [0.15, 0.2) is 11.5 Å². The summed E-state index contributed by atoms with van der Waals surface area (Å²) in [4.78, 5) is 12.8. The summed E-state index contributed by atoms with van der Waals surface area (Å²) in [6, 6.07) is 2.04. The van der Waals surface area contributed by atoms with Gasteiger partial charge >= 0.3 is 5.97 Å². The maximum Gasteiger partial charge on any atom is 0.358 e. The van der Waals surface area contributed by atoms with Gasteiger partial charge in [0.1, 0.15) is 0 Å². The molecule has 1 fully saturated rings. The first-order valence-corrected chi connectivity index (χ1v) is 5.10. The molecule has 0 aliphatic carbocycles. The second-order valence-electron chi connectivity index (χ2n) is 3.95. The number of hydrogen-bond donors (Lipinski definition) is 1. The van der Waals surface area contributed by atoms with E-state index in [0.717, 1.165) is 6.54 Å². The first-order valence-electron chi connectivity index (χ1n) is 5.10. The number of aromatic nitrogens is 1. The van der Waals surface area contributed by atoms with Crippen molar-refractivity contribution in [2.75, 3.05) is 6.54 Å². The summed E-state index contributed by atoms with van der Waals surface area (Å²) in [5, 5.41) is 12.2. The van der Waals surface area contributed by atoms with Gasteiger partial charge in [0.25, 0.3) is 0 Å². The zero-order valence-corrected chi connectivity index (χ0v) is 8.64. The van der Waals surface area contributed by atoms with Crippen LogP contribution in [0.25, 0.3) is 0 Å². The third-order valence-electron chi connectivity index (χ3n) is 2.83. The first-order chi connectivity index (χ1) is 7.16. The summed E-state index contributed by atoms with van der Waals surface area (Å²) >= 11 is 0. The number of carboxylic acids is 1. The average molecular weight is 210 g/mol. The van der Waals surface area contributed by atoms with Gasteiger partial charge in [-0.2, -0.15) is 0 Å². The average Bonchev–Trinajstić information content (AvgIpc) is 2.77. The second kappa shape index (κ2) is 4.02. The predicted molar refractivity (Wildman–Crippen MR) is 52.6 cm³/mol. The molecule has 1 aliphatic rings. The lowest BCUT2D eigenvalue weighted by atomic mass is 10.2. The van der Waals surface area contributed by atoms with Crippen LogP contribution < -0.4 is 0 Å². The third kappa shape index (κ3) is 2.18. The van der Waals surface area contributed by atoms with Crippen LogP contribution in [0, 0.1) is 0 Å². The van der Waals surface area contributed by atoms with Crippen LogP contribution in [0.4, 0.5) is 0 Å². The maximum atomic E-state index is 10.6. The van der Waals surface area contributed by atoms with Gasteiger partial charge in [-0.3, -0.25) is 4.90 Å². The van der Waals surface area contributed by atoms with Crippen LogP contribution in [-0.4, -0.2) is 33.7 Å². The van der Waals surface area contributed by atoms with Crippen molar-refractivity contribution in [3.63, 3.8) is 0 Å². The summed E-state index contributed by atoms with van der Waals surface area (Å²) in [6.45, 7) is 3.87. The van der Waals surface area contributed by atoms with Gasteiger partial charge in [-0.25, -0.2) is 4.79 Å². The number of aromatic carboxylic acids is 1. The van der Waals surface area contributed by atoms with Crippen LogP contribution in [0.15, 0.2) is 10.6 Å². The highest BCUT2D eigenvalue weighted by Gasteiger charge is 2.22. The highest BCUT2D eigenvalue weighted by molar-refractivity contribution is 5.85. The van der Waals surface area contributed by atoms with Gasteiger partial charge in [-0.15, -0.1) is 0 Å². The van der Waals surface area contributed by atoms with Crippen LogP contribution in [0.2, 0.25) is 0 Å². The van der Waals surface area contributed by atoms with Crippen molar-refractivity contribution >= 4 is 5.97 Å². The van der Waals surface area contributed by atoms with Crippen molar-refractivity contribution in [3.05, 3.63) is 17.5 Å². The molecular weight excluding hydrogens is 196 g/mol. The Balaban J connectivity index is 2.01. The monoisotopic (exact) mass is 210 g/mol. The van der Waals surface area contributed by atoms with Crippen molar-refractivity contribution < 1.29 is 14.4 Å². The number of hydrogen-bond acceptors (Lipinski definition) is 4. The van der Waals surface area contributed by atoms with Gasteiger partial charge in [-0.1, -0.05) is 5.16 Å². The molecular formula is C10H14N2O3. The van der Waals surface area contributed by atoms with Crippen molar-refractivity contribution in [1.82, 2.24) is 10.1 Å². The molecule has 2 rings (SSSR count). The Hall–Kier alpha value is -1.36.